The third-order valence-electron chi connectivity index (χ3n) is 3.60. The van der Waals surface area contributed by atoms with Gasteiger partial charge in [-0.2, -0.15) is 14.7 Å². The van der Waals surface area contributed by atoms with Gasteiger partial charge in [0.15, 0.2) is 5.82 Å². The van der Waals surface area contributed by atoms with Gasteiger partial charge in [-0.1, -0.05) is 11.3 Å². The summed E-state index contributed by atoms with van der Waals surface area (Å²) in [5.74, 6) is 0.268. The second-order valence-corrected chi connectivity index (χ2v) is 7.32. The van der Waals surface area contributed by atoms with E-state index in [1.807, 2.05) is 24.6 Å². The van der Waals surface area contributed by atoms with E-state index in [1.54, 1.807) is 16.6 Å². The molecule has 9 heteroatoms. The number of rotatable bonds is 3. The summed E-state index contributed by atoms with van der Waals surface area (Å²) >= 11 is 4.66. The zero-order valence-electron chi connectivity index (χ0n) is 12.9. The summed E-state index contributed by atoms with van der Waals surface area (Å²) < 4.78 is 17.4. The van der Waals surface area contributed by atoms with Crippen LogP contribution < -0.4 is 0 Å². The molecule has 24 heavy (non-hydrogen) atoms. The minimum Gasteiger partial charge on any atom is -0.263 e. The first-order valence-electron chi connectivity index (χ1n) is 7.19. The van der Waals surface area contributed by atoms with E-state index in [4.69, 9.17) is 0 Å². The highest BCUT2D eigenvalue weighted by molar-refractivity contribution is 9.10. The Morgan fingerprint density at radius 3 is 2.71 bits per heavy atom. The summed E-state index contributed by atoms with van der Waals surface area (Å²) in [6.45, 7) is 4.56. The van der Waals surface area contributed by atoms with E-state index in [2.05, 4.69) is 36.3 Å². The highest BCUT2D eigenvalue weighted by Crippen LogP contribution is 2.26. The van der Waals surface area contributed by atoms with Crippen LogP contribution in [0.25, 0.3) is 16.3 Å². The normalized spacial score (nSPS) is 11.5. The first-order valence-corrected chi connectivity index (χ1v) is 8.80. The predicted molar refractivity (Wildman–Crippen MR) is 92.6 cm³/mol. The van der Waals surface area contributed by atoms with Crippen LogP contribution in [0.4, 0.5) is 4.39 Å². The van der Waals surface area contributed by atoms with Gasteiger partial charge >= 0.3 is 0 Å². The molecule has 0 saturated carbocycles. The third-order valence-corrected chi connectivity index (χ3v) is 5.09. The van der Waals surface area contributed by atoms with Crippen molar-refractivity contribution < 1.29 is 4.39 Å². The molecule has 1 aromatic carbocycles. The molecule has 0 N–H and O–H groups in total. The fourth-order valence-corrected chi connectivity index (χ4v) is 3.69. The number of hydrogen-bond donors (Lipinski definition) is 0. The van der Waals surface area contributed by atoms with Crippen LogP contribution in [-0.4, -0.2) is 29.6 Å². The van der Waals surface area contributed by atoms with Gasteiger partial charge in [0.25, 0.3) is 0 Å². The lowest BCUT2D eigenvalue weighted by molar-refractivity contribution is 0.621. The Labute approximate surface area is 149 Å². The maximum absolute atomic E-state index is 13.4. The lowest BCUT2D eigenvalue weighted by Gasteiger charge is -2.01. The SMILES string of the molecule is Cc1cc(C)n(Cc2nn3c(-c4ccc(F)c(Br)c4)nnc3s2)n1. The maximum Gasteiger partial charge on any atom is 0.235 e. The van der Waals surface area contributed by atoms with Crippen molar-refractivity contribution in [2.45, 2.75) is 20.4 Å². The fraction of sp³-hybridized carbons (Fsp3) is 0.200. The molecule has 0 aliphatic carbocycles. The minimum absolute atomic E-state index is 0.317. The van der Waals surface area contributed by atoms with Crippen LogP contribution in [-0.2, 0) is 6.54 Å². The average molecular weight is 407 g/mol. The van der Waals surface area contributed by atoms with Crippen LogP contribution >= 0.6 is 27.3 Å². The summed E-state index contributed by atoms with van der Waals surface area (Å²) in [6.07, 6.45) is 0. The van der Waals surface area contributed by atoms with Gasteiger partial charge in [0.1, 0.15) is 10.8 Å². The zero-order chi connectivity index (χ0) is 16.8. The average Bonchev–Trinajstić information content (AvgIpc) is 3.17. The molecule has 0 aliphatic rings. The van der Waals surface area contributed by atoms with Crippen molar-refractivity contribution in [3.63, 3.8) is 0 Å². The molecule has 6 nitrogen and oxygen atoms in total. The Morgan fingerprint density at radius 1 is 1.17 bits per heavy atom. The molecule has 0 fully saturated rings. The van der Waals surface area contributed by atoms with Gasteiger partial charge in [-0.25, -0.2) is 4.39 Å². The number of aryl methyl sites for hydroxylation is 2. The first kappa shape index (κ1) is 15.4. The van der Waals surface area contributed by atoms with Crippen molar-refractivity contribution >= 4 is 32.2 Å². The molecule has 0 atom stereocenters. The van der Waals surface area contributed by atoms with Crippen LogP contribution in [0.3, 0.4) is 0 Å². The van der Waals surface area contributed by atoms with E-state index in [-0.39, 0.29) is 5.82 Å². The van der Waals surface area contributed by atoms with Gasteiger partial charge in [-0.05, 0) is 54.0 Å². The molecule has 0 saturated heterocycles. The van der Waals surface area contributed by atoms with Crippen molar-refractivity contribution in [1.29, 1.82) is 0 Å². The molecule has 0 bridgehead atoms. The standard InChI is InChI=1S/C15H12BrFN6S/c1-8-5-9(2)22(20-8)7-13-21-23-14(18-19-15(23)24-13)10-3-4-12(17)11(16)6-10/h3-6H,7H2,1-2H3. The van der Waals surface area contributed by atoms with Gasteiger partial charge in [-0.15, -0.1) is 10.2 Å². The number of halogens is 2. The summed E-state index contributed by atoms with van der Waals surface area (Å²) in [4.78, 5) is 0.696. The monoisotopic (exact) mass is 406 g/mol. The van der Waals surface area contributed by atoms with E-state index in [9.17, 15) is 4.39 Å². The van der Waals surface area contributed by atoms with Crippen LogP contribution in [0.2, 0.25) is 0 Å². The smallest absolute Gasteiger partial charge is 0.235 e. The molecular weight excluding hydrogens is 395 g/mol. The largest absolute Gasteiger partial charge is 0.263 e. The van der Waals surface area contributed by atoms with Gasteiger partial charge in [-0.3, -0.25) is 4.68 Å². The number of fused-ring (bicyclic) bond motifs is 1. The van der Waals surface area contributed by atoms with Crippen molar-refractivity contribution in [3.8, 4) is 11.4 Å². The molecule has 3 heterocycles. The van der Waals surface area contributed by atoms with E-state index in [1.165, 1.54) is 17.4 Å². The van der Waals surface area contributed by atoms with E-state index < -0.39 is 0 Å². The molecule has 0 amide bonds. The van der Waals surface area contributed by atoms with Crippen LogP contribution in [0.15, 0.2) is 28.7 Å². The number of aromatic nitrogens is 6. The second kappa shape index (κ2) is 5.75. The highest BCUT2D eigenvalue weighted by atomic mass is 79.9. The van der Waals surface area contributed by atoms with Crippen LogP contribution in [0, 0.1) is 19.7 Å². The lowest BCUT2D eigenvalue weighted by Crippen LogP contribution is -2.04. The Hall–Kier alpha value is -2.13. The predicted octanol–water partition coefficient (Wildman–Crippen LogP) is 3.62. The Balaban J connectivity index is 1.73. The summed E-state index contributed by atoms with van der Waals surface area (Å²) in [7, 11) is 0. The van der Waals surface area contributed by atoms with Crippen molar-refractivity contribution in [3.05, 3.63) is 51.0 Å². The zero-order valence-corrected chi connectivity index (χ0v) is 15.3. The third kappa shape index (κ3) is 2.63. The van der Waals surface area contributed by atoms with Gasteiger partial charge < -0.3 is 0 Å². The first-order chi connectivity index (χ1) is 11.5. The topological polar surface area (TPSA) is 60.9 Å². The van der Waals surface area contributed by atoms with Crippen LogP contribution in [0.1, 0.15) is 16.4 Å². The van der Waals surface area contributed by atoms with E-state index >= 15 is 0 Å². The summed E-state index contributed by atoms with van der Waals surface area (Å²) in [5, 5.41) is 18.3. The molecule has 4 rings (SSSR count). The molecule has 122 valence electrons. The van der Waals surface area contributed by atoms with E-state index in [0.29, 0.717) is 21.8 Å². The number of benzene rings is 1. The molecule has 0 spiro atoms. The van der Waals surface area contributed by atoms with Crippen molar-refractivity contribution in [2.24, 2.45) is 0 Å². The Kier molecular flexibility index (Phi) is 3.69. The van der Waals surface area contributed by atoms with Crippen molar-refractivity contribution in [2.75, 3.05) is 0 Å². The Morgan fingerprint density at radius 2 is 2.00 bits per heavy atom. The fourth-order valence-electron chi connectivity index (χ4n) is 2.50. The maximum atomic E-state index is 13.4. The second-order valence-electron chi connectivity index (χ2n) is 5.43. The lowest BCUT2D eigenvalue weighted by atomic mass is 10.2. The summed E-state index contributed by atoms with van der Waals surface area (Å²) in [6, 6.07) is 6.76. The number of hydrogen-bond acceptors (Lipinski definition) is 5. The number of nitrogens with zero attached hydrogens (tertiary/aromatic N) is 6. The van der Waals surface area contributed by atoms with Gasteiger partial charge in [0.05, 0.1) is 16.7 Å². The molecular formula is C15H12BrFN6S. The van der Waals surface area contributed by atoms with E-state index in [0.717, 1.165) is 22.0 Å². The molecule has 3 aromatic heterocycles. The van der Waals surface area contributed by atoms with Crippen LogP contribution in [0.5, 0.6) is 0 Å². The summed E-state index contributed by atoms with van der Waals surface area (Å²) in [5.41, 5.74) is 2.81. The molecule has 0 aliphatic heterocycles. The highest BCUT2D eigenvalue weighted by Gasteiger charge is 2.15. The van der Waals surface area contributed by atoms with Crippen molar-refractivity contribution in [1.82, 2.24) is 29.6 Å². The quantitative estimate of drug-likeness (QED) is 0.521. The minimum atomic E-state index is -0.317. The van der Waals surface area contributed by atoms with Gasteiger partial charge in [0, 0.05) is 11.3 Å². The molecule has 4 aromatic rings. The molecule has 0 unspecified atom stereocenters. The molecule has 0 radical (unpaired) electrons. The Bertz CT molecular complexity index is 1050. The van der Waals surface area contributed by atoms with Gasteiger partial charge in [0.2, 0.25) is 4.96 Å².